The van der Waals surface area contributed by atoms with E-state index in [1.54, 1.807) is 42.1 Å². The number of nitrogens with one attached hydrogen (secondary N) is 2. The average molecular weight is 310 g/mol. The molecular formula is C15H22N2O3S. The molecule has 2 unspecified atom stereocenters. The summed E-state index contributed by atoms with van der Waals surface area (Å²) in [6.45, 7) is 5.42. The maximum atomic E-state index is 12.0. The molecular weight excluding hydrogens is 288 g/mol. The van der Waals surface area contributed by atoms with Crippen LogP contribution in [0, 0.1) is 0 Å². The Morgan fingerprint density at radius 3 is 2.48 bits per heavy atom. The highest BCUT2D eigenvalue weighted by Gasteiger charge is 2.36. The van der Waals surface area contributed by atoms with Crippen LogP contribution >= 0.6 is 11.8 Å². The molecule has 1 aromatic rings. The summed E-state index contributed by atoms with van der Waals surface area (Å²) in [5.41, 5.74) is -0.925. The summed E-state index contributed by atoms with van der Waals surface area (Å²) in [6, 6.07) is 8.16. The van der Waals surface area contributed by atoms with Crippen LogP contribution < -0.4 is 10.6 Å². The molecule has 5 nitrogen and oxygen atoms in total. The minimum atomic E-state index is -1.46. The number of benzene rings is 1. The van der Waals surface area contributed by atoms with Crippen LogP contribution in [0.2, 0.25) is 0 Å². The highest BCUT2D eigenvalue weighted by atomic mass is 32.2. The second kappa shape index (κ2) is 7.93. The van der Waals surface area contributed by atoms with E-state index in [0.29, 0.717) is 5.56 Å². The summed E-state index contributed by atoms with van der Waals surface area (Å²) in [7, 11) is 0. The number of thioether (sulfide) groups is 1. The zero-order valence-corrected chi connectivity index (χ0v) is 13.4. The van der Waals surface area contributed by atoms with Crippen molar-refractivity contribution in [2.45, 2.75) is 32.4 Å². The summed E-state index contributed by atoms with van der Waals surface area (Å²) in [5.74, 6) is 0.670. The largest absolute Gasteiger partial charge is 0.479 e. The Labute approximate surface area is 129 Å². The minimum absolute atomic E-state index is 0.0243. The molecule has 0 fully saturated rings. The van der Waals surface area contributed by atoms with Gasteiger partial charge < -0.3 is 15.7 Å². The van der Waals surface area contributed by atoms with Crippen LogP contribution in [0.5, 0.6) is 0 Å². The van der Waals surface area contributed by atoms with Crippen molar-refractivity contribution in [3.05, 3.63) is 35.9 Å². The lowest BCUT2D eigenvalue weighted by molar-refractivity contribution is -0.144. The molecule has 0 heterocycles. The van der Waals surface area contributed by atoms with E-state index < -0.39 is 17.5 Å². The third-order valence-electron chi connectivity index (χ3n) is 3.09. The number of carboxylic acid groups (broad SMARTS) is 1. The summed E-state index contributed by atoms with van der Waals surface area (Å²) >= 11 is 1.72. The van der Waals surface area contributed by atoms with Crippen LogP contribution in [0.4, 0.5) is 4.79 Å². The summed E-state index contributed by atoms with van der Waals surface area (Å²) in [4.78, 5) is 23.6. The van der Waals surface area contributed by atoms with Crippen molar-refractivity contribution >= 4 is 23.8 Å². The van der Waals surface area contributed by atoms with E-state index in [1.807, 2.05) is 13.8 Å². The third kappa shape index (κ3) is 4.97. The highest BCUT2D eigenvalue weighted by molar-refractivity contribution is 7.99. The van der Waals surface area contributed by atoms with Crippen molar-refractivity contribution in [2.75, 3.05) is 11.5 Å². The lowest BCUT2D eigenvalue weighted by Gasteiger charge is -2.27. The molecule has 2 amide bonds. The van der Waals surface area contributed by atoms with E-state index in [1.165, 1.54) is 6.92 Å². The van der Waals surface area contributed by atoms with Crippen LogP contribution in [0.15, 0.2) is 30.3 Å². The number of aliphatic carboxylic acids is 1. The van der Waals surface area contributed by atoms with Crippen molar-refractivity contribution in [3.8, 4) is 0 Å². The monoisotopic (exact) mass is 310 g/mol. The average Bonchev–Trinajstić information content (AvgIpc) is 2.45. The quantitative estimate of drug-likeness (QED) is 0.723. The lowest BCUT2D eigenvalue weighted by atomic mass is 9.92. The van der Waals surface area contributed by atoms with Crippen LogP contribution in [0.1, 0.15) is 26.3 Å². The number of carboxylic acids is 1. The van der Waals surface area contributed by atoms with Crippen molar-refractivity contribution in [2.24, 2.45) is 0 Å². The first-order valence-corrected chi connectivity index (χ1v) is 8.01. The molecule has 6 heteroatoms. The van der Waals surface area contributed by atoms with Gasteiger partial charge in [-0.3, -0.25) is 0 Å². The Morgan fingerprint density at radius 2 is 1.95 bits per heavy atom. The van der Waals surface area contributed by atoms with Gasteiger partial charge in [0.25, 0.3) is 0 Å². The Bertz CT molecular complexity index is 481. The van der Waals surface area contributed by atoms with Gasteiger partial charge in [-0.1, -0.05) is 37.3 Å². The number of carbonyl (C=O) groups is 2. The molecule has 116 valence electrons. The SMILES string of the molecule is CCSCC(C)NC(=O)NC(C)(C(=O)O)c1ccccc1. The van der Waals surface area contributed by atoms with Gasteiger partial charge in [-0.2, -0.15) is 11.8 Å². The summed E-state index contributed by atoms with van der Waals surface area (Å²) in [5, 5.41) is 14.8. The number of carbonyl (C=O) groups excluding carboxylic acids is 1. The van der Waals surface area contributed by atoms with E-state index in [0.717, 1.165) is 11.5 Å². The number of hydrogen-bond donors (Lipinski definition) is 3. The van der Waals surface area contributed by atoms with Crippen molar-refractivity contribution in [1.82, 2.24) is 10.6 Å². The van der Waals surface area contributed by atoms with Gasteiger partial charge in [-0.25, -0.2) is 9.59 Å². The normalized spacial score (nSPS) is 14.8. The number of urea groups is 1. The number of rotatable bonds is 7. The molecule has 2 atom stereocenters. The molecule has 0 aliphatic rings. The maximum absolute atomic E-state index is 12.0. The van der Waals surface area contributed by atoms with Crippen LogP contribution in [-0.4, -0.2) is 34.7 Å². The maximum Gasteiger partial charge on any atom is 0.333 e. The summed E-state index contributed by atoms with van der Waals surface area (Å²) in [6.07, 6.45) is 0. The molecule has 0 aliphatic heterocycles. The second-order valence-corrected chi connectivity index (χ2v) is 6.27. The fraction of sp³-hybridized carbons (Fsp3) is 0.467. The van der Waals surface area contributed by atoms with Gasteiger partial charge in [0.15, 0.2) is 5.54 Å². The molecule has 0 saturated carbocycles. The molecule has 0 saturated heterocycles. The molecule has 1 rings (SSSR count). The molecule has 0 spiro atoms. The molecule has 0 aromatic heterocycles. The van der Waals surface area contributed by atoms with Gasteiger partial charge in [-0.15, -0.1) is 0 Å². The Hall–Kier alpha value is -1.69. The van der Waals surface area contributed by atoms with Crippen LogP contribution in [0.3, 0.4) is 0 Å². The molecule has 21 heavy (non-hydrogen) atoms. The predicted octanol–water partition coefficient (Wildman–Crippen LogP) is 2.43. The van der Waals surface area contributed by atoms with Crippen LogP contribution in [0.25, 0.3) is 0 Å². The third-order valence-corrected chi connectivity index (χ3v) is 4.24. The molecule has 0 aliphatic carbocycles. The molecule has 3 N–H and O–H groups in total. The van der Waals surface area contributed by atoms with E-state index in [2.05, 4.69) is 10.6 Å². The van der Waals surface area contributed by atoms with Crippen LogP contribution in [-0.2, 0) is 10.3 Å². The Morgan fingerprint density at radius 1 is 1.33 bits per heavy atom. The van der Waals surface area contributed by atoms with Gasteiger partial charge in [0.05, 0.1) is 0 Å². The van der Waals surface area contributed by atoms with Gasteiger partial charge >= 0.3 is 12.0 Å². The topological polar surface area (TPSA) is 78.4 Å². The molecule has 0 bridgehead atoms. The van der Waals surface area contributed by atoms with Crippen molar-refractivity contribution in [1.29, 1.82) is 0 Å². The highest BCUT2D eigenvalue weighted by Crippen LogP contribution is 2.20. The Balaban J connectivity index is 2.75. The molecule has 1 aromatic carbocycles. The fourth-order valence-corrected chi connectivity index (χ4v) is 2.52. The first-order chi connectivity index (χ1) is 9.90. The molecule has 0 radical (unpaired) electrons. The number of hydrogen-bond acceptors (Lipinski definition) is 3. The van der Waals surface area contributed by atoms with Gasteiger partial charge in [0, 0.05) is 11.8 Å². The standard InChI is InChI=1S/C15H22N2O3S/c1-4-21-10-11(2)16-14(20)17-15(3,13(18)19)12-8-6-5-7-9-12/h5-9,11H,4,10H2,1-3H3,(H,18,19)(H2,16,17,20). The van der Waals surface area contributed by atoms with Crippen molar-refractivity contribution in [3.63, 3.8) is 0 Å². The first-order valence-electron chi connectivity index (χ1n) is 6.85. The van der Waals surface area contributed by atoms with Crippen molar-refractivity contribution < 1.29 is 14.7 Å². The van der Waals surface area contributed by atoms with Gasteiger partial charge in [0.2, 0.25) is 0 Å². The zero-order chi connectivity index (χ0) is 15.9. The fourth-order valence-electron chi connectivity index (χ4n) is 1.84. The zero-order valence-electron chi connectivity index (χ0n) is 12.6. The minimum Gasteiger partial charge on any atom is -0.479 e. The van der Waals surface area contributed by atoms with Gasteiger partial charge in [-0.05, 0) is 25.2 Å². The summed E-state index contributed by atoms with van der Waals surface area (Å²) < 4.78 is 0. The van der Waals surface area contributed by atoms with E-state index in [4.69, 9.17) is 0 Å². The predicted molar refractivity (Wildman–Crippen MR) is 85.6 cm³/mol. The first kappa shape index (κ1) is 17.4. The van der Waals surface area contributed by atoms with E-state index in [9.17, 15) is 14.7 Å². The van der Waals surface area contributed by atoms with E-state index in [-0.39, 0.29) is 6.04 Å². The Kier molecular flexibility index (Phi) is 6.55. The second-order valence-electron chi connectivity index (χ2n) is 4.96. The lowest BCUT2D eigenvalue weighted by Crippen LogP contribution is -2.54. The van der Waals surface area contributed by atoms with E-state index >= 15 is 0 Å². The smallest absolute Gasteiger partial charge is 0.333 e. The van der Waals surface area contributed by atoms with Gasteiger partial charge in [0.1, 0.15) is 0 Å². The number of amides is 2.